The van der Waals surface area contributed by atoms with E-state index in [-0.39, 0.29) is 0 Å². The average Bonchev–Trinajstić information content (AvgIpc) is 3.15. The maximum absolute atomic E-state index is 10.4. The average molecular weight is 289 g/mol. The predicted molar refractivity (Wildman–Crippen MR) is 79.6 cm³/mol. The Labute approximate surface area is 125 Å². The highest BCUT2D eigenvalue weighted by Gasteiger charge is 2.39. The zero-order valence-electron chi connectivity index (χ0n) is 12.3. The normalized spacial score (nSPS) is 31.4. The van der Waals surface area contributed by atoms with Gasteiger partial charge < -0.3 is 19.9 Å². The summed E-state index contributed by atoms with van der Waals surface area (Å²) < 4.78 is 11.1. The summed E-state index contributed by atoms with van der Waals surface area (Å²) in [5, 5.41) is 14.0. The highest BCUT2D eigenvalue weighted by Crippen LogP contribution is 2.44. The Morgan fingerprint density at radius 1 is 1.14 bits per heavy atom. The van der Waals surface area contributed by atoms with E-state index in [2.05, 4.69) is 5.32 Å². The Balaban J connectivity index is 1.37. The van der Waals surface area contributed by atoms with Crippen molar-refractivity contribution in [3.63, 3.8) is 0 Å². The Morgan fingerprint density at radius 2 is 2.00 bits per heavy atom. The largest absolute Gasteiger partial charge is 0.486 e. The van der Waals surface area contributed by atoms with Crippen molar-refractivity contribution in [2.75, 3.05) is 19.8 Å². The molecule has 0 spiro atoms. The molecular formula is C17H23NO3. The number of hydrogen-bond acceptors (Lipinski definition) is 4. The molecule has 1 heterocycles. The van der Waals surface area contributed by atoms with Gasteiger partial charge in [-0.05, 0) is 48.8 Å². The Morgan fingerprint density at radius 3 is 2.76 bits per heavy atom. The van der Waals surface area contributed by atoms with Gasteiger partial charge in [-0.3, -0.25) is 0 Å². The van der Waals surface area contributed by atoms with Crippen LogP contribution < -0.4 is 14.8 Å². The number of aliphatic hydroxyl groups is 1. The van der Waals surface area contributed by atoms with E-state index in [9.17, 15) is 5.11 Å². The van der Waals surface area contributed by atoms with Crippen LogP contribution in [0, 0.1) is 11.8 Å². The monoisotopic (exact) mass is 289 g/mol. The lowest BCUT2D eigenvalue weighted by Crippen LogP contribution is -2.36. The quantitative estimate of drug-likeness (QED) is 0.893. The molecule has 0 saturated heterocycles. The first-order valence-electron chi connectivity index (χ1n) is 8.10. The van der Waals surface area contributed by atoms with Gasteiger partial charge in [-0.2, -0.15) is 0 Å². The van der Waals surface area contributed by atoms with Gasteiger partial charge in [-0.1, -0.05) is 12.5 Å². The van der Waals surface area contributed by atoms with E-state index in [1.165, 1.54) is 25.7 Å². The third kappa shape index (κ3) is 2.62. The predicted octanol–water partition coefficient (Wildman–Crippen LogP) is 2.27. The summed E-state index contributed by atoms with van der Waals surface area (Å²) >= 11 is 0. The zero-order chi connectivity index (χ0) is 14.2. The van der Waals surface area contributed by atoms with Gasteiger partial charge in [0.05, 0.1) is 6.10 Å². The highest BCUT2D eigenvalue weighted by molar-refractivity contribution is 5.44. The van der Waals surface area contributed by atoms with Crippen molar-refractivity contribution < 1.29 is 14.6 Å². The molecule has 0 amide bonds. The number of rotatable bonds is 4. The van der Waals surface area contributed by atoms with Crippen molar-refractivity contribution >= 4 is 0 Å². The van der Waals surface area contributed by atoms with Crippen molar-refractivity contribution in [2.45, 2.75) is 37.8 Å². The topological polar surface area (TPSA) is 50.7 Å². The van der Waals surface area contributed by atoms with Gasteiger partial charge in [0, 0.05) is 12.6 Å². The van der Waals surface area contributed by atoms with E-state index < -0.39 is 6.10 Å². The molecule has 4 atom stereocenters. The smallest absolute Gasteiger partial charge is 0.161 e. The number of fused-ring (bicyclic) bond motifs is 3. The van der Waals surface area contributed by atoms with Crippen molar-refractivity contribution in [3.05, 3.63) is 23.8 Å². The number of benzene rings is 1. The van der Waals surface area contributed by atoms with Crippen molar-refractivity contribution in [1.29, 1.82) is 0 Å². The Hall–Kier alpha value is -1.26. The Bertz CT molecular complexity index is 519. The molecule has 2 saturated carbocycles. The summed E-state index contributed by atoms with van der Waals surface area (Å²) in [6.45, 7) is 1.80. The third-order valence-corrected chi connectivity index (χ3v) is 5.26. The summed E-state index contributed by atoms with van der Waals surface area (Å²) in [6, 6.07) is 6.34. The highest BCUT2D eigenvalue weighted by atomic mass is 16.6. The SMILES string of the molecule is OC(CNC1CC2CCC1C2)c1ccc2c(c1)OCCO2. The van der Waals surface area contributed by atoms with Gasteiger partial charge in [-0.25, -0.2) is 0 Å². The second-order valence-electron chi connectivity index (χ2n) is 6.61. The molecule has 1 aromatic rings. The lowest BCUT2D eigenvalue weighted by molar-refractivity contribution is 0.157. The van der Waals surface area contributed by atoms with Gasteiger partial charge in [0.25, 0.3) is 0 Å². The van der Waals surface area contributed by atoms with E-state index in [4.69, 9.17) is 9.47 Å². The summed E-state index contributed by atoms with van der Waals surface area (Å²) in [5.41, 5.74) is 0.898. The van der Waals surface area contributed by atoms with Crippen LogP contribution in [0.15, 0.2) is 18.2 Å². The summed E-state index contributed by atoms with van der Waals surface area (Å²) in [5.74, 6) is 3.29. The van der Waals surface area contributed by atoms with Crippen LogP contribution in [0.2, 0.25) is 0 Å². The van der Waals surface area contributed by atoms with Crippen LogP contribution in [-0.2, 0) is 0 Å². The summed E-state index contributed by atoms with van der Waals surface area (Å²) in [7, 11) is 0. The van der Waals surface area contributed by atoms with Crippen molar-refractivity contribution in [2.24, 2.45) is 11.8 Å². The van der Waals surface area contributed by atoms with Crippen LogP contribution in [0.3, 0.4) is 0 Å². The summed E-state index contributed by atoms with van der Waals surface area (Å²) in [6.07, 6.45) is 4.96. The van der Waals surface area contributed by atoms with Crippen LogP contribution in [0.1, 0.15) is 37.4 Å². The number of ether oxygens (including phenoxy) is 2. The first-order valence-corrected chi connectivity index (χ1v) is 8.10. The molecule has 3 aliphatic rings. The molecule has 2 fully saturated rings. The van der Waals surface area contributed by atoms with Crippen LogP contribution >= 0.6 is 0 Å². The van der Waals surface area contributed by atoms with E-state index in [1.807, 2.05) is 18.2 Å². The fourth-order valence-corrected chi connectivity index (χ4v) is 4.14. The minimum Gasteiger partial charge on any atom is -0.486 e. The molecule has 2 aliphatic carbocycles. The second kappa shape index (κ2) is 5.50. The maximum atomic E-state index is 10.4. The lowest BCUT2D eigenvalue weighted by Gasteiger charge is -2.25. The maximum Gasteiger partial charge on any atom is 0.161 e. The number of hydrogen-bond donors (Lipinski definition) is 2. The molecule has 0 aromatic heterocycles. The molecular weight excluding hydrogens is 266 g/mol. The third-order valence-electron chi connectivity index (χ3n) is 5.26. The molecule has 4 heteroatoms. The van der Waals surface area contributed by atoms with Gasteiger partial charge in [-0.15, -0.1) is 0 Å². The van der Waals surface area contributed by atoms with E-state index >= 15 is 0 Å². The second-order valence-corrected chi connectivity index (χ2v) is 6.61. The minimum absolute atomic E-state index is 0.486. The molecule has 4 nitrogen and oxygen atoms in total. The fourth-order valence-electron chi connectivity index (χ4n) is 4.14. The molecule has 1 aliphatic heterocycles. The Kier molecular flexibility index (Phi) is 3.51. The van der Waals surface area contributed by atoms with Gasteiger partial charge >= 0.3 is 0 Å². The molecule has 2 bridgehead atoms. The lowest BCUT2D eigenvalue weighted by atomic mass is 9.95. The molecule has 114 valence electrons. The van der Waals surface area contributed by atoms with E-state index in [1.54, 1.807) is 0 Å². The first-order chi connectivity index (χ1) is 10.3. The summed E-state index contributed by atoms with van der Waals surface area (Å²) in [4.78, 5) is 0. The number of nitrogens with one attached hydrogen (secondary N) is 1. The van der Waals surface area contributed by atoms with Gasteiger partial charge in [0.2, 0.25) is 0 Å². The molecule has 2 N–H and O–H groups in total. The molecule has 0 radical (unpaired) electrons. The van der Waals surface area contributed by atoms with Crippen molar-refractivity contribution in [3.8, 4) is 11.5 Å². The van der Waals surface area contributed by atoms with Gasteiger partial charge in [0.15, 0.2) is 11.5 Å². The van der Waals surface area contributed by atoms with Crippen LogP contribution in [0.5, 0.6) is 11.5 Å². The fraction of sp³-hybridized carbons (Fsp3) is 0.647. The van der Waals surface area contributed by atoms with E-state index in [0.29, 0.717) is 25.8 Å². The van der Waals surface area contributed by atoms with Crippen LogP contribution in [0.4, 0.5) is 0 Å². The number of aliphatic hydroxyl groups excluding tert-OH is 1. The van der Waals surface area contributed by atoms with Crippen LogP contribution in [-0.4, -0.2) is 30.9 Å². The van der Waals surface area contributed by atoms with Gasteiger partial charge in [0.1, 0.15) is 13.2 Å². The molecule has 4 rings (SSSR count). The first kappa shape index (κ1) is 13.4. The van der Waals surface area contributed by atoms with E-state index in [0.717, 1.165) is 28.9 Å². The molecule has 4 unspecified atom stereocenters. The standard InChI is InChI=1S/C17H23NO3/c19-15(10-18-14-8-11-1-2-12(14)7-11)13-3-4-16-17(9-13)21-6-5-20-16/h3-4,9,11-12,14-15,18-19H,1-2,5-8,10H2. The molecule has 1 aromatic carbocycles. The minimum atomic E-state index is -0.486. The molecule has 21 heavy (non-hydrogen) atoms. The van der Waals surface area contributed by atoms with Crippen molar-refractivity contribution in [1.82, 2.24) is 5.32 Å². The van der Waals surface area contributed by atoms with Crippen LogP contribution in [0.25, 0.3) is 0 Å². The zero-order valence-corrected chi connectivity index (χ0v) is 12.3.